The van der Waals surface area contributed by atoms with E-state index in [1.54, 1.807) is 4.57 Å². The molecule has 0 aliphatic rings. The molecule has 0 bridgehead atoms. The van der Waals surface area contributed by atoms with Crippen molar-refractivity contribution < 1.29 is 4.79 Å². The number of fused-ring (bicyclic) bond motifs is 2. The zero-order chi connectivity index (χ0) is 18.1. The molecule has 0 spiro atoms. The highest BCUT2D eigenvalue weighted by Crippen LogP contribution is 2.24. The van der Waals surface area contributed by atoms with Gasteiger partial charge in [-0.15, -0.1) is 0 Å². The van der Waals surface area contributed by atoms with Crippen molar-refractivity contribution >= 4 is 33.4 Å². The smallest absolute Gasteiger partial charge is 0.328 e. The highest BCUT2D eigenvalue weighted by Gasteiger charge is 2.14. The first kappa shape index (κ1) is 16.4. The van der Waals surface area contributed by atoms with Gasteiger partial charge in [-0.3, -0.25) is 4.57 Å². The Morgan fingerprint density at radius 3 is 2.58 bits per heavy atom. The van der Waals surface area contributed by atoms with E-state index in [-0.39, 0.29) is 12.1 Å². The maximum atomic E-state index is 12.9. The van der Waals surface area contributed by atoms with Crippen molar-refractivity contribution in [2.45, 2.75) is 19.4 Å². The summed E-state index contributed by atoms with van der Waals surface area (Å²) < 4.78 is 1.67. The molecule has 1 aromatic heterocycles. The Morgan fingerprint density at radius 2 is 1.77 bits per heavy atom. The number of carbonyl (C=O) groups excluding carboxylic acids is 1. The maximum Gasteiger partial charge on any atom is 0.330 e. The summed E-state index contributed by atoms with van der Waals surface area (Å²) in [7, 11) is 0. The number of nitrogens with one attached hydrogen (secondary N) is 1. The molecule has 4 nitrogen and oxygen atoms in total. The van der Waals surface area contributed by atoms with Crippen LogP contribution in [0.4, 0.5) is 10.5 Å². The van der Waals surface area contributed by atoms with Crippen LogP contribution in [-0.4, -0.2) is 16.6 Å². The Kier molecular flexibility index (Phi) is 4.19. The van der Waals surface area contributed by atoms with Gasteiger partial charge in [0.1, 0.15) is 0 Å². The minimum atomic E-state index is -0.174. The van der Waals surface area contributed by atoms with Gasteiger partial charge < -0.3 is 11.1 Å². The van der Waals surface area contributed by atoms with Gasteiger partial charge >= 0.3 is 6.03 Å². The summed E-state index contributed by atoms with van der Waals surface area (Å²) in [6.45, 7) is 1.97. The van der Waals surface area contributed by atoms with E-state index in [1.807, 2.05) is 73.8 Å². The van der Waals surface area contributed by atoms with Crippen LogP contribution in [0, 0.1) is 0 Å². The monoisotopic (exact) mass is 343 g/mol. The molecule has 0 saturated carbocycles. The minimum absolute atomic E-state index is 0.0396. The zero-order valence-electron chi connectivity index (χ0n) is 14.6. The molecule has 4 heteroatoms. The van der Waals surface area contributed by atoms with Gasteiger partial charge in [-0.1, -0.05) is 48.5 Å². The minimum Gasteiger partial charge on any atom is -0.328 e. The average Bonchev–Trinajstić information content (AvgIpc) is 3.00. The van der Waals surface area contributed by atoms with Crippen LogP contribution in [-0.2, 0) is 6.42 Å². The summed E-state index contributed by atoms with van der Waals surface area (Å²) in [5.74, 6) is 0. The fourth-order valence-electron chi connectivity index (χ4n) is 3.38. The van der Waals surface area contributed by atoms with Gasteiger partial charge in [0.15, 0.2) is 0 Å². The van der Waals surface area contributed by atoms with Gasteiger partial charge in [-0.25, -0.2) is 4.79 Å². The van der Waals surface area contributed by atoms with E-state index in [9.17, 15) is 4.79 Å². The maximum absolute atomic E-state index is 12.9. The molecule has 1 heterocycles. The highest BCUT2D eigenvalue weighted by atomic mass is 16.2. The number of rotatable bonds is 3. The molecule has 0 radical (unpaired) electrons. The summed E-state index contributed by atoms with van der Waals surface area (Å²) in [4.78, 5) is 12.9. The first-order chi connectivity index (χ1) is 12.6. The molecular weight excluding hydrogens is 322 g/mol. The number of anilines is 1. The van der Waals surface area contributed by atoms with Crippen LogP contribution in [0.1, 0.15) is 12.5 Å². The third-order valence-electron chi connectivity index (χ3n) is 4.56. The number of carbonyl (C=O) groups is 1. The van der Waals surface area contributed by atoms with Gasteiger partial charge in [0.05, 0.1) is 5.52 Å². The third-order valence-corrected chi connectivity index (χ3v) is 4.56. The zero-order valence-corrected chi connectivity index (χ0v) is 14.6. The van der Waals surface area contributed by atoms with Crippen molar-refractivity contribution in [1.29, 1.82) is 0 Å². The number of nitrogens with zero attached hydrogens (tertiary/aromatic N) is 1. The normalized spacial score (nSPS) is 12.4. The second-order valence-electron chi connectivity index (χ2n) is 6.71. The molecule has 130 valence electrons. The lowest BCUT2D eigenvalue weighted by Gasteiger charge is -2.08. The van der Waals surface area contributed by atoms with Gasteiger partial charge in [0, 0.05) is 23.3 Å². The van der Waals surface area contributed by atoms with Gasteiger partial charge in [0.25, 0.3) is 0 Å². The summed E-state index contributed by atoms with van der Waals surface area (Å²) in [5.41, 5.74) is 8.72. The van der Waals surface area contributed by atoms with Crippen molar-refractivity contribution in [2.75, 3.05) is 5.32 Å². The summed E-state index contributed by atoms with van der Waals surface area (Å²) in [5, 5.41) is 6.32. The third kappa shape index (κ3) is 3.07. The molecule has 0 aliphatic carbocycles. The number of benzene rings is 3. The number of hydrogen-bond donors (Lipinski definition) is 2. The molecule has 1 atom stereocenters. The lowest BCUT2D eigenvalue weighted by Crippen LogP contribution is -2.19. The largest absolute Gasteiger partial charge is 0.330 e. The van der Waals surface area contributed by atoms with Crippen molar-refractivity contribution in [3.8, 4) is 0 Å². The van der Waals surface area contributed by atoms with Crippen LogP contribution < -0.4 is 11.1 Å². The molecule has 4 rings (SSSR count). The molecule has 0 fully saturated rings. The molecule has 26 heavy (non-hydrogen) atoms. The van der Waals surface area contributed by atoms with E-state index < -0.39 is 0 Å². The van der Waals surface area contributed by atoms with Gasteiger partial charge in [-0.05, 0) is 47.9 Å². The molecule has 4 aromatic rings. The number of nitrogens with two attached hydrogens (primary N) is 1. The number of hydrogen-bond acceptors (Lipinski definition) is 2. The Hall–Kier alpha value is -3.11. The fourth-order valence-corrected chi connectivity index (χ4v) is 3.38. The van der Waals surface area contributed by atoms with Gasteiger partial charge in [-0.2, -0.15) is 0 Å². The first-order valence-corrected chi connectivity index (χ1v) is 8.76. The quantitative estimate of drug-likeness (QED) is 0.563. The lowest BCUT2D eigenvalue weighted by atomic mass is 10.1. The van der Waals surface area contributed by atoms with Crippen molar-refractivity contribution in [3.63, 3.8) is 0 Å². The van der Waals surface area contributed by atoms with E-state index >= 15 is 0 Å². The van der Waals surface area contributed by atoms with Crippen LogP contribution >= 0.6 is 0 Å². The predicted molar refractivity (Wildman–Crippen MR) is 108 cm³/mol. The molecule has 0 saturated heterocycles. The number of para-hydroxylation sites is 1. The summed E-state index contributed by atoms with van der Waals surface area (Å²) >= 11 is 0. The summed E-state index contributed by atoms with van der Waals surface area (Å²) in [6.07, 6.45) is 2.63. The van der Waals surface area contributed by atoms with Crippen LogP contribution in [0.2, 0.25) is 0 Å². The Balaban J connectivity index is 1.69. The van der Waals surface area contributed by atoms with E-state index in [1.165, 1.54) is 0 Å². The Labute approximate surface area is 152 Å². The number of aromatic nitrogens is 1. The van der Waals surface area contributed by atoms with Crippen LogP contribution in [0.15, 0.2) is 72.9 Å². The van der Waals surface area contributed by atoms with Crippen LogP contribution in [0.3, 0.4) is 0 Å². The first-order valence-electron chi connectivity index (χ1n) is 8.76. The highest BCUT2D eigenvalue weighted by molar-refractivity contribution is 6.00. The second-order valence-corrected chi connectivity index (χ2v) is 6.71. The molecule has 3 aromatic carbocycles. The second kappa shape index (κ2) is 6.65. The van der Waals surface area contributed by atoms with Crippen molar-refractivity contribution in [3.05, 3.63) is 78.5 Å². The molecule has 0 aliphatic heterocycles. The molecule has 0 unspecified atom stereocenters. The van der Waals surface area contributed by atoms with E-state index in [0.717, 1.165) is 39.3 Å². The molecule has 1 amide bonds. The number of amides is 1. The predicted octanol–water partition coefficient (Wildman–Crippen LogP) is 4.76. The average molecular weight is 343 g/mol. The van der Waals surface area contributed by atoms with Crippen molar-refractivity contribution in [2.24, 2.45) is 5.73 Å². The van der Waals surface area contributed by atoms with Crippen LogP contribution in [0.25, 0.3) is 21.7 Å². The molecule has 3 N–H and O–H groups in total. The lowest BCUT2D eigenvalue weighted by molar-refractivity contribution is 0.254. The summed E-state index contributed by atoms with van der Waals surface area (Å²) in [6, 6.07) is 21.8. The Bertz CT molecular complexity index is 1090. The van der Waals surface area contributed by atoms with Crippen molar-refractivity contribution in [1.82, 2.24) is 4.57 Å². The Morgan fingerprint density at radius 1 is 1.04 bits per heavy atom. The molecular formula is C22H21N3O. The van der Waals surface area contributed by atoms with E-state index in [2.05, 4.69) is 11.4 Å². The van der Waals surface area contributed by atoms with E-state index in [0.29, 0.717) is 0 Å². The van der Waals surface area contributed by atoms with Crippen LogP contribution in [0.5, 0.6) is 0 Å². The standard InChI is InChI=1S/C22H21N3O/c1-15(23)12-18-14-25(21-9-5-4-8-20(18)21)22(26)24-19-11-10-16-6-2-3-7-17(16)13-19/h2-11,13-15H,12,23H2,1H3,(H,24,26)/t15-/m1/s1. The van der Waals surface area contributed by atoms with Gasteiger partial charge in [0.2, 0.25) is 0 Å². The fraction of sp³-hybridized carbons (Fsp3) is 0.136. The SMILES string of the molecule is C[C@@H](N)Cc1cn(C(=O)Nc2ccc3ccccc3c2)c2ccccc12. The van der Waals surface area contributed by atoms with E-state index in [4.69, 9.17) is 5.73 Å². The topological polar surface area (TPSA) is 60.0 Å².